The third kappa shape index (κ3) is 6.05. The van der Waals surface area contributed by atoms with Gasteiger partial charge in [-0.05, 0) is 45.0 Å². The van der Waals surface area contributed by atoms with E-state index >= 15 is 0 Å². The summed E-state index contributed by atoms with van der Waals surface area (Å²) in [5.41, 5.74) is 1.68. The highest BCUT2D eigenvalue weighted by Crippen LogP contribution is 2.27. The number of halogens is 1. The summed E-state index contributed by atoms with van der Waals surface area (Å²) >= 11 is 6.13. The van der Waals surface area contributed by atoms with Crippen LogP contribution >= 0.6 is 11.6 Å². The molecule has 1 aromatic carbocycles. The molecule has 0 aliphatic heterocycles. The van der Waals surface area contributed by atoms with Crippen LogP contribution in [0.5, 0.6) is 0 Å². The first kappa shape index (κ1) is 24.8. The van der Waals surface area contributed by atoms with Gasteiger partial charge in [0.15, 0.2) is 6.10 Å². The van der Waals surface area contributed by atoms with Crippen molar-refractivity contribution in [3.8, 4) is 0 Å². The third-order valence-electron chi connectivity index (χ3n) is 4.60. The lowest BCUT2D eigenvalue weighted by Crippen LogP contribution is -2.32. The number of carbonyl (C=O) groups is 2. The molecule has 0 saturated heterocycles. The minimum absolute atomic E-state index is 0.00470. The van der Waals surface area contributed by atoms with Crippen LogP contribution < -0.4 is 5.32 Å². The van der Waals surface area contributed by atoms with Gasteiger partial charge in [0.1, 0.15) is 6.54 Å². The Hall–Kier alpha value is -2.43. The van der Waals surface area contributed by atoms with Crippen LogP contribution in [0.25, 0.3) is 0 Å². The molecule has 0 radical (unpaired) electrons. The molecule has 0 saturated carbocycles. The summed E-state index contributed by atoms with van der Waals surface area (Å²) in [6, 6.07) is 5.89. The lowest BCUT2D eigenvalue weighted by atomic mass is 10.3. The number of hydrogen-bond donors (Lipinski definition) is 1. The quantitative estimate of drug-likeness (QED) is 0.564. The zero-order valence-corrected chi connectivity index (χ0v) is 19.7. The number of anilines is 1. The zero-order chi connectivity index (χ0) is 23.3. The number of benzene rings is 1. The predicted molar refractivity (Wildman–Crippen MR) is 117 cm³/mol. The fourth-order valence-electron chi connectivity index (χ4n) is 2.95. The van der Waals surface area contributed by atoms with E-state index in [1.807, 2.05) is 19.9 Å². The molecule has 0 bridgehead atoms. The van der Waals surface area contributed by atoms with E-state index in [4.69, 9.17) is 16.3 Å². The fourth-order valence-corrected chi connectivity index (χ4v) is 4.60. The van der Waals surface area contributed by atoms with E-state index in [1.54, 1.807) is 13.8 Å². The van der Waals surface area contributed by atoms with Crippen LogP contribution in [-0.2, 0) is 30.9 Å². The van der Waals surface area contributed by atoms with Gasteiger partial charge in [-0.1, -0.05) is 25.4 Å². The topological polar surface area (TPSA) is 111 Å². The number of hydrogen-bond acceptors (Lipinski definition) is 6. The Morgan fingerprint density at radius 2 is 1.87 bits per heavy atom. The maximum atomic E-state index is 12.7. The number of esters is 1. The number of amides is 1. The molecular formula is C20H27ClN4O5S. The van der Waals surface area contributed by atoms with Gasteiger partial charge in [0.05, 0.1) is 21.3 Å². The summed E-state index contributed by atoms with van der Waals surface area (Å²) in [6.07, 6.45) is -1.12. The van der Waals surface area contributed by atoms with E-state index in [0.29, 0.717) is 13.1 Å². The Bertz CT molecular complexity index is 1060. The average Bonchev–Trinajstić information content (AvgIpc) is 3.00. The average molecular weight is 471 g/mol. The molecule has 1 unspecified atom stereocenters. The maximum absolute atomic E-state index is 12.7. The number of nitrogens with one attached hydrogen (secondary N) is 1. The van der Waals surface area contributed by atoms with Gasteiger partial charge in [0.2, 0.25) is 10.0 Å². The van der Waals surface area contributed by atoms with Crippen molar-refractivity contribution >= 4 is 39.2 Å². The Morgan fingerprint density at radius 3 is 2.42 bits per heavy atom. The van der Waals surface area contributed by atoms with Gasteiger partial charge in [0.25, 0.3) is 5.91 Å². The molecule has 1 atom stereocenters. The molecule has 0 aliphatic rings. The zero-order valence-electron chi connectivity index (χ0n) is 18.2. The van der Waals surface area contributed by atoms with Gasteiger partial charge in [0, 0.05) is 18.8 Å². The second kappa shape index (κ2) is 10.3. The Morgan fingerprint density at radius 1 is 1.23 bits per heavy atom. The van der Waals surface area contributed by atoms with Crippen molar-refractivity contribution in [3.63, 3.8) is 0 Å². The van der Waals surface area contributed by atoms with E-state index in [1.165, 1.54) is 34.1 Å². The van der Waals surface area contributed by atoms with E-state index < -0.39 is 28.0 Å². The Kier molecular flexibility index (Phi) is 8.21. The van der Waals surface area contributed by atoms with Crippen molar-refractivity contribution in [2.75, 3.05) is 18.4 Å². The normalized spacial score (nSPS) is 12.6. The molecule has 0 fully saturated rings. The minimum Gasteiger partial charge on any atom is -0.451 e. The van der Waals surface area contributed by atoms with E-state index in [9.17, 15) is 18.0 Å². The second-order valence-electron chi connectivity index (χ2n) is 6.94. The molecule has 1 aromatic heterocycles. The highest BCUT2D eigenvalue weighted by atomic mass is 35.5. The molecule has 2 rings (SSSR count). The van der Waals surface area contributed by atoms with Crippen LogP contribution in [0, 0.1) is 13.8 Å². The summed E-state index contributed by atoms with van der Waals surface area (Å²) in [5, 5.41) is 6.87. The molecular weight excluding hydrogens is 444 g/mol. The van der Waals surface area contributed by atoms with E-state index in [2.05, 4.69) is 10.4 Å². The number of rotatable bonds is 9. The molecule has 0 aliphatic carbocycles. The van der Waals surface area contributed by atoms with Crippen LogP contribution in [0.15, 0.2) is 29.2 Å². The van der Waals surface area contributed by atoms with Gasteiger partial charge in [-0.25, -0.2) is 8.42 Å². The Labute approximate surface area is 187 Å². The van der Waals surface area contributed by atoms with Crippen LogP contribution in [-0.4, -0.2) is 53.6 Å². The van der Waals surface area contributed by atoms with Crippen LogP contribution in [0.3, 0.4) is 0 Å². The summed E-state index contributed by atoms with van der Waals surface area (Å²) in [7, 11) is -3.72. The van der Waals surface area contributed by atoms with Crippen LogP contribution in [0.4, 0.5) is 5.69 Å². The number of sulfonamides is 1. The summed E-state index contributed by atoms with van der Waals surface area (Å²) in [4.78, 5) is 24.7. The smallest absolute Gasteiger partial charge is 0.328 e. The molecule has 31 heavy (non-hydrogen) atoms. The molecule has 0 spiro atoms. The van der Waals surface area contributed by atoms with Gasteiger partial charge in [-0.2, -0.15) is 9.40 Å². The van der Waals surface area contributed by atoms with Crippen molar-refractivity contribution < 1.29 is 22.7 Å². The molecule has 1 amide bonds. The van der Waals surface area contributed by atoms with Crippen molar-refractivity contribution in [1.82, 2.24) is 14.1 Å². The first-order valence-electron chi connectivity index (χ1n) is 9.80. The van der Waals surface area contributed by atoms with Gasteiger partial charge in [-0.15, -0.1) is 0 Å². The SMILES string of the molecule is CCN(CC)S(=O)(=O)c1ccc(Cl)c(NC(=O)C(C)OC(=O)Cn2nc(C)cc2C)c1. The number of nitrogens with zero attached hydrogens (tertiary/aromatic N) is 3. The largest absolute Gasteiger partial charge is 0.451 e. The highest BCUT2D eigenvalue weighted by molar-refractivity contribution is 7.89. The molecule has 170 valence electrons. The van der Waals surface area contributed by atoms with Crippen LogP contribution in [0.1, 0.15) is 32.2 Å². The number of carbonyl (C=O) groups excluding carboxylic acids is 2. The van der Waals surface area contributed by atoms with Crippen molar-refractivity contribution in [2.45, 2.75) is 52.2 Å². The van der Waals surface area contributed by atoms with Crippen molar-refractivity contribution in [2.24, 2.45) is 0 Å². The molecule has 2 aromatic rings. The monoisotopic (exact) mass is 470 g/mol. The minimum atomic E-state index is -3.72. The third-order valence-corrected chi connectivity index (χ3v) is 6.97. The number of ether oxygens (including phenoxy) is 1. The highest BCUT2D eigenvalue weighted by Gasteiger charge is 2.24. The van der Waals surface area contributed by atoms with Gasteiger partial charge >= 0.3 is 5.97 Å². The standard InChI is InChI=1S/C20H27ClN4O5S/c1-6-24(7-2)31(28,29)16-8-9-17(21)18(11-16)22-20(27)15(5)30-19(26)12-25-14(4)10-13(3)23-25/h8-11,15H,6-7,12H2,1-5H3,(H,22,27). The number of aromatic nitrogens is 2. The van der Waals surface area contributed by atoms with Gasteiger partial charge in [-0.3, -0.25) is 14.3 Å². The molecule has 11 heteroatoms. The second-order valence-corrected chi connectivity index (χ2v) is 9.28. The summed E-state index contributed by atoms with van der Waals surface area (Å²) < 4.78 is 33.4. The van der Waals surface area contributed by atoms with Gasteiger partial charge < -0.3 is 10.1 Å². The van der Waals surface area contributed by atoms with Crippen LogP contribution in [0.2, 0.25) is 5.02 Å². The lowest BCUT2D eigenvalue weighted by Gasteiger charge is -2.19. The van der Waals surface area contributed by atoms with E-state index in [0.717, 1.165) is 11.4 Å². The molecule has 1 N–H and O–H groups in total. The molecule has 9 nitrogen and oxygen atoms in total. The summed E-state index contributed by atoms with van der Waals surface area (Å²) in [5.74, 6) is -1.26. The lowest BCUT2D eigenvalue weighted by molar-refractivity contribution is -0.154. The Balaban J connectivity index is 2.10. The first-order chi connectivity index (χ1) is 14.5. The predicted octanol–water partition coefficient (Wildman–Crippen LogP) is 2.75. The first-order valence-corrected chi connectivity index (χ1v) is 11.6. The number of aryl methyl sites for hydroxylation is 2. The maximum Gasteiger partial charge on any atom is 0.328 e. The van der Waals surface area contributed by atoms with Crippen molar-refractivity contribution in [1.29, 1.82) is 0 Å². The van der Waals surface area contributed by atoms with E-state index in [-0.39, 0.29) is 22.2 Å². The molecule has 1 heterocycles. The van der Waals surface area contributed by atoms with Crippen molar-refractivity contribution in [3.05, 3.63) is 40.7 Å². The summed E-state index contributed by atoms with van der Waals surface area (Å²) in [6.45, 7) is 9.00. The fraction of sp³-hybridized carbons (Fsp3) is 0.450.